The van der Waals surface area contributed by atoms with Gasteiger partial charge in [0.25, 0.3) is 0 Å². The van der Waals surface area contributed by atoms with Gasteiger partial charge >= 0.3 is 0 Å². The van der Waals surface area contributed by atoms with Crippen LogP contribution < -0.4 is 0 Å². The largest absolute Gasteiger partial charge is 0.309 e. The molecule has 0 saturated carbocycles. The van der Waals surface area contributed by atoms with Crippen molar-refractivity contribution in [2.75, 3.05) is 0 Å². The molecule has 600 valence electrons. The van der Waals surface area contributed by atoms with Gasteiger partial charge < -0.3 is 9.13 Å². The van der Waals surface area contributed by atoms with Crippen LogP contribution in [0, 0.1) is 0 Å². The van der Waals surface area contributed by atoms with Crippen molar-refractivity contribution >= 4 is 162 Å². The van der Waals surface area contributed by atoms with Crippen LogP contribution in [-0.4, -0.2) is 38.2 Å². The second kappa shape index (κ2) is 29.9. The van der Waals surface area contributed by atoms with Gasteiger partial charge in [-0.2, -0.15) is 0 Å². The number of fused-ring (bicyclic) bond motifs is 19. The Morgan fingerprint density at radius 1 is 0.147 bits per heavy atom. The molecule has 0 atom stereocenters. The van der Waals surface area contributed by atoms with Crippen LogP contribution in [0.15, 0.2) is 449 Å². The first-order valence-electron chi connectivity index (χ1n) is 43.9. The summed E-state index contributed by atoms with van der Waals surface area (Å²) in [5.41, 5.74) is 26.1. The molecule has 129 heavy (non-hydrogen) atoms. The highest BCUT2D eigenvalue weighted by Crippen LogP contribution is 2.45. The summed E-state index contributed by atoms with van der Waals surface area (Å²) in [6.07, 6.45) is 0. The molecule has 0 saturated heterocycles. The summed E-state index contributed by atoms with van der Waals surface area (Å²) < 4.78 is 11.9. The van der Waals surface area contributed by atoms with E-state index in [1.807, 2.05) is 11.3 Å². The molecule has 27 aromatic rings. The Balaban J connectivity index is 0.000000136. The van der Waals surface area contributed by atoms with Gasteiger partial charge in [0.05, 0.1) is 66.9 Å². The summed E-state index contributed by atoms with van der Waals surface area (Å²) in [5.74, 6) is 1.28. The SMILES string of the molecule is c1ccc(-c2cccc(-n3c4ccccc4c4cc(-c5ccc6c(c5)c5ccccc5n6-c5nc(-c6ccc7ccccc7c6)cc(-c6ccc7ccccc7c6)n5)ccc43)c2)cc1.c1ccc2cc(-c3cc(-c4ccc5ccccc5c4)nc(-n4c5ccccc5c5cc(-c6ccc7c(c6)c6ccccc6n7-c6ccc7sc8ccccc8c7c6)ccc54)n3)ccc2c1. The first-order chi connectivity index (χ1) is 63.9. The molecule has 0 aliphatic heterocycles. The van der Waals surface area contributed by atoms with Crippen LogP contribution in [0.25, 0.3) is 252 Å². The van der Waals surface area contributed by atoms with Crippen LogP contribution in [0.2, 0.25) is 0 Å². The summed E-state index contributed by atoms with van der Waals surface area (Å²) in [6.45, 7) is 0. The highest BCUT2D eigenvalue weighted by Gasteiger charge is 2.24. The summed E-state index contributed by atoms with van der Waals surface area (Å²) >= 11 is 1.86. The highest BCUT2D eigenvalue weighted by molar-refractivity contribution is 7.25. The first kappa shape index (κ1) is 73.5. The Morgan fingerprint density at radius 3 is 0.829 bits per heavy atom. The van der Waals surface area contributed by atoms with Crippen LogP contribution in [0.5, 0.6) is 0 Å². The molecule has 0 fully saturated rings. The Hall–Kier alpha value is -17.0. The number of nitrogens with zero attached hydrogens (tertiary/aromatic N) is 8. The van der Waals surface area contributed by atoms with Crippen LogP contribution in [0.3, 0.4) is 0 Å². The van der Waals surface area contributed by atoms with E-state index in [9.17, 15) is 0 Å². The van der Waals surface area contributed by atoms with Crippen molar-refractivity contribution in [3.8, 4) is 102 Å². The van der Waals surface area contributed by atoms with Crippen molar-refractivity contribution in [3.05, 3.63) is 449 Å². The molecule has 9 heteroatoms. The Kier molecular flexibility index (Phi) is 17.0. The van der Waals surface area contributed by atoms with Crippen molar-refractivity contribution in [1.29, 1.82) is 0 Å². The van der Waals surface area contributed by atoms with E-state index in [-0.39, 0.29) is 0 Å². The van der Waals surface area contributed by atoms with Gasteiger partial charge in [-0.1, -0.05) is 303 Å². The zero-order valence-corrected chi connectivity index (χ0v) is 70.5. The van der Waals surface area contributed by atoms with Gasteiger partial charge in [0, 0.05) is 96.9 Å². The van der Waals surface area contributed by atoms with Gasteiger partial charge in [-0.3, -0.25) is 9.13 Å². The topological polar surface area (TPSA) is 71.3 Å². The fourth-order valence-electron chi connectivity index (χ4n) is 20.0. The minimum absolute atomic E-state index is 0.637. The lowest BCUT2D eigenvalue weighted by Crippen LogP contribution is -2.04. The number of thiophene rings is 1. The quantitative estimate of drug-likeness (QED) is 0.129. The van der Waals surface area contributed by atoms with Crippen molar-refractivity contribution in [1.82, 2.24) is 38.2 Å². The zero-order chi connectivity index (χ0) is 84.7. The van der Waals surface area contributed by atoms with E-state index >= 15 is 0 Å². The predicted octanol–water partition coefficient (Wildman–Crippen LogP) is 32.0. The fraction of sp³-hybridized carbons (Fsp3) is 0. The fourth-order valence-corrected chi connectivity index (χ4v) is 21.0. The first-order valence-corrected chi connectivity index (χ1v) is 44.7. The summed E-state index contributed by atoms with van der Waals surface area (Å²) in [6, 6.07) is 162. The third kappa shape index (κ3) is 12.5. The van der Waals surface area contributed by atoms with Crippen molar-refractivity contribution in [2.24, 2.45) is 0 Å². The second-order valence-electron chi connectivity index (χ2n) is 33.7. The molecule has 0 bridgehead atoms. The van der Waals surface area contributed by atoms with Gasteiger partial charge in [0.2, 0.25) is 11.9 Å². The summed E-state index contributed by atoms with van der Waals surface area (Å²) in [7, 11) is 0. The van der Waals surface area contributed by atoms with E-state index in [2.05, 4.69) is 467 Å². The van der Waals surface area contributed by atoms with E-state index < -0.39 is 0 Å². The van der Waals surface area contributed by atoms with Crippen LogP contribution in [0.1, 0.15) is 0 Å². The maximum Gasteiger partial charge on any atom is 0.235 e. The predicted molar refractivity (Wildman–Crippen MR) is 542 cm³/mol. The van der Waals surface area contributed by atoms with Crippen molar-refractivity contribution in [3.63, 3.8) is 0 Å². The molecule has 0 N–H and O–H groups in total. The number of benzene rings is 20. The number of para-hydroxylation sites is 4. The van der Waals surface area contributed by atoms with Crippen LogP contribution in [0.4, 0.5) is 0 Å². The maximum absolute atomic E-state index is 5.39. The Labute approximate surface area is 745 Å². The zero-order valence-electron chi connectivity index (χ0n) is 69.7. The standard InChI is InChI=1S/C60H36N4S.C60H38N4/c1-3-13-39-31-43(23-21-37(39)11-1)52-36-53(44-24-22-38-12-2-4-14-40(38)32-44)62-60(61-52)64-55-19-9-6-16-47(55)50-34-42(26-29-57(50)64)41-25-28-56-49(33-41)46-15-5-8-18-54(46)63(56)45-27-30-59-51(35-45)48-17-7-10-20-58(48)65-59;1-2-13-39(14-3-1)44-19-12-20-49(35-44)63-56-23-10-8-21-50(56)52-36-45(29-31-58(52)63)46-30-32-59-53(37-46)51-22-9-11-24-57(51)64(59)60-61-54(47-27-25-40-15-4-6-17-42(40)33-47)38-55(62-60)48-28-26-41-16-5-7-18-43(41)34-48/h1-36H;1-38H. The molecule has 0 unspecified atom stereocenters. The average molecular weight is 1660 g/mol. The van der Waals surface area contributed by atoms with Crippen molar-refractivity contribution < 1.29 is 0 Å². The second-order valence-corrected chi connectivity index (χ2v) is 34.7. The van der Waals surface area contributed by atoms with Crippen LogP contribution in [-0.2, 0) is 0 Å². The number of aromatic nitrogens is 8. The lowest BCUT2D eigenvalue weighted by atomic mass is 10.0. The number of rotatable bonds is 11. The Morgan fingerprint density at radius 2 is 0.434 bits per heavy atom. The molecule has 0 aliphatic rings. The molecule has 27 rings (SSSR count). The molecule has 8 nitrogen and oxygen atoms in total. The normalized spacial score (nSPS) is 11.9. The third-order valence-electron chi connectivity index (χ3n) is 26.2. The molecular weight excluding hydrogens is 1590 g/mol. The van der Waals surface area contributed by atoms with Gasteiger partial charge in [-0.25, -0.2) is 19.9 Å². The van der Waals surface area contributed by atoms with Gasteiger partial charge in [-0.15, -0.1) is 11.3 Å². The smallest absolute Gasteiger partial charge is 0.235 e. The molecule has 0 amide bonds. The molecule has 0 radical (unpaired) electrons. The minimum Gasteiger partial charge on any atom is -0.309 e. The molecule has 7 heterocycles. The molecule has 0 aliphatic carbocycles. The highest BCUT2D eigenvalue weighted by atomic mass is 32.1. The molecule has 7 aromatic heterocycles. The van der Waals surface area contributed by atoms with E-state index in [1.54, 1.807) is 0 Å². The van der Waals surface area contributed by atoms with Crippen molar-refractivity contribution in [2.45, 2.75) is 0 Å². The molecule has 0 spiro atoms. The number of hydrogen-bond acceptors (Lipinski definition) is 5. The average Bonchev–Trinajstić information content (AvgIpc) is 1.59. The van der Waals surface area contributed by atoms with Gasteiger partial charge in [0.1, 0.15) is 0 Å². The maximum atomic E-state index is 5.39. The lowest BCUT2D eigenvalue weighted by molar-refractivity contribution is 0.995. The lowest BCUT2D eigenvalue weighted by Gasteiger charge is -2.13. The molecular formula is C120H74N8S. The van der Waals surface area contributed by atoms with E-state index in [4.69, 9.17) is 19.9 Å². The number of hydrogen-bond donors (Lipinski definition) is 0. The van der Waals surface area contributed by atoms with Crippen LogP contribution >= 0.6 is 11.3 Å². The van der Waals surface area contributed by atoms with E-state index in [0.717, 1.165) is 105 Å². The minimum atomic E-state index is 0.637. The monoisotopic (exact) mass is 1660 g/mol. The van der Waals surface area contributed by atoms with Gasteiger partial charge in [-0.05, 0) is 222 Å². The third-order valence-corrected chi connectivity index (χ3v) is 27.3. The summed E-state index contributed by atoms with van der Waals surface area (Å²) in [5, 5.41) is 21.7. The summed E-state index contributed by atoms with van der Waals surface area (Å²) in [4.78, 5) is 21.5. The Bertz CT molecular complexity index is 9110. The van der Waals surface area contributed by atoms with E-state index in [1.165, 1.54) is 135 Å². The molecule has 20 aromatic carbocycles. The van der Waals surface area contributed by atoms with Gasteiger partial charge in [0.15, 0.2) is 0 Å². The van der Waals surface area contributed by atoms with E-state index in [0.29, 0.717) is 11.9 Å².